The van der Waals surface area contributed by atoms with Gasteiger partial charge in [-0.1, -0.05) is 164 Å². The van der Waals surface area contributed by atoms with Crippen LogP contribution >= 0.6 is 0 Å². The molecule has 0 bridgehead atoms. The van der Waals surface area contributed by atoms with Crippen molar-refractivity contribution < 1.29 is 0 Å². The van der Waals surface area contributed by atoms with Crippen LogP contribution in [0.15, 0.2) is 334 Å². The summed E-state index contributed by atoms with van der Waals surface area (Å²) >= 11 is 0. The van der Waals surface area contributed by atoms with E-state index in [2.05, 4.69) is 366 Å². The molecule has 0 unspecified atom stereocenters. The summed E-state index contributed by atoms with van der Waals surface area (Å²) in [4.78, 5) is 0. The molecule has 0 aliphatic rings. The summed E-state index contributed by atoms with van der Waals surface area (Å²) in [5.41, 5.74) is 24.1. The van der Waals surface area contributed by atoms with Crippen molar-refractivity contribution >= 4 is 153 Å². The second-order valence-corrected chi connectivity index (χ2v) is 26.0. The number of rotatable bonds is 7. The summed E-state index contributed by atoms with van der Waals surface area (Å²) in [6.07, 6.45) is 0. The fourth-order valence-corrected chi connectivity index (χ4v) is 17.0. The van der Waals surface area contributed by atoms with Crippen molar-refractivity contribution in [2.75, 3.05) is 0 Å². The molecule has 0 N–H and O–H groups in total. The predicted octanol–water partition coefficient (Wildman–Crippen LogP) is 23.4. The molecular weight excluding hydrogens is 1180 g/mol. The Hall–Kier alpha value is -13.1. The Bertz CT molecular complexity index is 6170. The van der Waals surface area contributed by atoms with Gasteiger partial charge in [-0.15, -0.1) is 0 Å². The van der Waals surface area contributed by atoms with Crippen molar-refractivity contribution in [3.05, 3.63) is 334 Å². The van der Waals surface area contributed by atoms with Crippen LogP contribution in [0.3, 0.4) is 0 Å². The lowest BCUT2D eigenvalue weighted by Gasteiger charge is -2.12. The maximum atomic E-state index is 2.50. The molecule has 0 aliphatic carbocycles. The number of para-hydroxylation sites is 9. The van der Waals surface area contributed by atoms with Gasteiger partial charge >= 0.3 is 0 Å². The third-order valence-electron chi connectivity index (χ3n) is 21.1. The Kier molecular flexibility index (Phi) is 10.7. The van der Waals surface area contributed by atoms with E-state index in [-0.39, 0.29) is 0 Å². The maximum Gasteiger partial charge on any atom is 0.0542 e. The molecule has 7 heteroatoms. The normalized spacial score (nSPS) is 12.3. The van der Waals surface area contributed by atoms with E-state index in [1.54, 1.807) is 0 Å². The minimum absolute atomic E-state index is 1.09. The SMILES string of the molecule is c1ccc(-n2c3ccc(-n4c5ccc(-n6c7ccccc7c7ccccc76)cc5c5cc(-n6c7ccccc7c7ccccc76)ccc54)cc3c3cc(-n4c5ccc(-n6c7ccccc7c7ccccc76)cc5c5cc(-n6c7ccccc7c7ccccc76)ccc54)ccc32)cc1. The molecule has 0 saturated heterocycles. The molecule has 22 aromatic rings. The molecule has 0 radical (unpaired) electrons. The fraction of sp³-hybridized carbons (Fsp3) is 0. The van der Waals surface area contributed by atoms with Crippen molar-refractivity contribution in [3.8, 4) is 39.8 Å². The van der Waals surface area contributed by atoms with Crippen LogP contribution in [0.25, 0.3) is 192 Å². The zero-order valence-corrected chi connectivity index (χ0v) is 52.4. The number of hydrogen-bond acceptors (Lipinski definition) is 0. The van der Waals surface area contributed by atoms with Crippen molar-refractivity contribution in [3.63, 3.8) is 0 Å². The Morgan fingerprint density at radius 3 is 0.433 bits per heavy atom. The third kappa shape index (κ3) is 7.29. The fourth-order valence-electron chi connectivity index (χ4n) is 17.0. The molecule has 0 atom stereocenters. The van der Waals surface area contributed by atoms with Crippen molar-refractivity contribution in [1.82, 2.24) is 32.0 Å². The van der Waals surface area contributed by atoms with Crippen molar-refractivity contribution in [1.29, 1.82) is 0 Å². The van der Waals surface area contributed by atoms with Crippen LogP contribution in [0.1, 0.15) is 0 Å². The molecule has 15 aromatic carbocycles. The van der Waals surface area contributed by atoms with Crippen LogP contribution in [0, 0.1) is 0 Å². The predicted molar refractivity (Wildman–Crippen MR) is 407 cm³/mol. The Morgan fingerprint density at radius 2 is 0.247 bits per heavy atom. The van der Waals surface area contributed by atoms with Crippen LogP contribution < -0.4 is 0 Å². The number of hydrogen-bond donors (Lipinski definition) is 0. The van der Waals surface area contributed by atoms with E-state index in [0.29, 0.717) is 0 Å². The number of fused-ring (bicyclic) bond motifs is 21. The van der Waals surface area contributed by atoms with Gasteiger partial charge < -0.3 is 32.0 Å². The second kappa shape index (κ2) is 19.7. The van der Waals surface area contributed by atoms with E-state index in [1.807, 2.05) is 0 Å². The van der Waals surface area contributed by atoms with Gasteiger partial charge in [0, 0.05) is 115 Å². The molecule has 97 heavy (non-hydrogen) atoms. The molecule has 0 amide bonds. The smallest absolute Gasteiger partial charge is 0.0542 e. The molecule has 0 fully saturated rings. The van der Waals surface area contributed by atoms with Gasteiger partial charge in [0.25, 0.3) is 0 Å². The highest BCUT2D eigenvalue weighted by Gasteiger charge is 2.24. The van der Waals surface area contributed by atoms with Gasteiger partial charge in [0.15, 0.2) is 0 Å². The first-order valence-corrected chi connectivity index (χ1v) is 33.4. The van der Waals surface area contributed by atoms with Crippen LogP contribution in [0.4, 0.5) is 0 Å². The highest BCUT2D eigenvalue weighted by Crippen LogP contribution is 2.45. The van der Waals surface area contributed by atoms with Crippen LogP contribution in [-0.2, 0) is 0 Å². The van der Waals surface area contributed by atoms with Crippen molar-refractivity contribution in [2.45, 2.75) is 0 Å². The lowest BCUT2D eigenvalue weighted by atomic mass is 10.1. The minimum Gasteiger partial charge on any atom is -0.309 e. The highest BCUT2D eigenvalue weighted by molar-refractivity contribution is 6.18. The van der Waals surface area contributed by atoms with Gasteiger partial charge in [-0.05, 0) is 170 Å². The van der Waals surface area contributed by atoms with Gasteiger partial charge in [-0.3, -0.25) is 0 Å². The topological polar surface area (TPSA) is 34.5 Å². The first-order chi connectivity index (χ1) is 48.1. The lowest BCUT2D eigenvalue weighted by molar-refractivity contribution is 1.15. The zero-order chi connectivity index (χ0) is 63.1. The molecule has 7 aromatic heterocycles. The van der Waals surface area contributed by atoms with Gasteiger partial charge in [-0.2, -0.15) is 0 Å². The van der Waals surface area contributed by atoms with E-state index in [1.165, 1.54) is 120 Å². The number of aromatic nitrogens is 7. The molecule has 450 valence electrons. The number of benzene rings is 15. The molecule has 0 spiro atoms. The van der Waals surface area contributed by atoms with Crippen molar-refractivity contribution in [2.24, 2.45) is 0 Å². The largest absolute Gasteiger partial charge is 0.309 e. The average Bonchev–Trinajstić information content (AvgIpc) is 1.57. The van der Waals surface area contributed by atoms with Crippen LogP contribution in [0.2, 0.25) is 0 Å². The highest BCUT2D eigenvalue weighted by atomic mass is 15.0. The molecular formula is C90H55N7. The quantitative estimate of drug-likeness (QED) is 0.152. The van der Waals surface area contributed by atoms with Gasteiger partial charge in [0.1, 0.15) is 0 Å². The summed E-state index contributed by atoms with van der Waals surface area (Å²) in [5.74, 6) is 0. The summed E-state index contributed by atoms with van der Waals surface area (Å²) in [6.45, 7) is 0. The van der Waals surface area contributed by atoms with E-state index >= 15 is 0 Å². The van der Waals surface area contributed by atoms with Gasteiger partial charge in [-0.25, -0.2) is 0 Å². The Morgan fingerprint density at radius 1 is 0.103 bits per heavy atom. The Labute approximate surface area is 554 Å². The van der Waals surface area contributed by atoms with Crippen LogP contribution in [-0.4, -0.2) is 32.0 Å². The lowest BCUT2D eigenvalue weighted by Crippen LogP contribution is -1.97. The van der Waals surface area contributed by atoms with E-state index in [4.69, 9.17) is 0 Å². The molecule has 7 heterocycles. The summed E-state index contributed by atoms with van der Waals surface area (Å²) in [6, 6.07) is 124. The molecule has 0 aliphatic heterocycles. The minimum atomic E-state index is 1.09. The van der Waals surface area contributed by atoms with E-state index < -0.39 is 0 Å². The average molecular weight is 1230 g/mol. The maximum absolute atomic E-state index is 2.50. The second-order valence-electron chi connectivity index (χ2n) is 26.0. The monoisotopic (exact) mass is 1230 g/mol. The first-order valence-electron chi connectivity index (χ1n) is 33.4. The third-order valence-corrected chi connectivity index (χ3v) is 21.1. The van der Waals surface area contributed by atoms with E-state index in [0.717, 1.165) is 72.9 Å². The standard InChI is InChI=1S/C90H55N7/c1-2-20-56(21-3-1)91-85-44-38-61(96-87-46-40-57(92-77-30-12-4-22-63(77)64-23-5-13-31-78(64)92)50-73(87)74-51-58(41-47-88(74)96)93-79-32-14-6-24-65(79)66-25-7-15-33-80(66)93)54-71(85)72-55-62(39-45-86(72)91)97-89-48-42-59(94-81-34-16-8-26-67(81)68-27-9-17-35-82(68)94)52-75(89)76-53-60(43-49-90(76)97)95-83-36-18-10-28-69(83)70-29-11-19-37-84(70)95/h1-55H. The van der Waals surface area contributed by atoms with Crippen LogP contribution in [0.5, 0.6) is 0 Å². The summed E-state index contributed by atoms with van der Waals surface area (Å²) in [7, 11) is 0. The zero-order valence-electron chi connectivity index (χ0n) is 52.4. The summed E-state index contributed by atoms with van der Waals surface area (Å²) < 4.78 is 17.2. The Balaban J connectivity index is 0.789. The number of nitrogens with zero attached hydrogens (tertiary/aromatic N) is 7. The first kappa shape index (κ1) is 52.4. The van der Waals surface area contributed by atoms with E-state index in [9.17, 15) is 0 Å². The molecule has 22 rings (SSSR count). The van der Waals surface area contributed by atoms with Gasteiger partial charge in [0.05, 0.1) is 77.2 Å². The molecule has 7 nitrogen and oxygen atoms in total. The molecule has 0 saturated carbocycles. The summed E-state index contributed by atoms with van der Waals surface area (Å²) in [5, 5.41) is 17.0. The van der Waals surface area contributed by atoms with Gasteiger partial charge in [0.2, 0.25) is 0 Å².